The molecule has 2 atom stereocenters. The van der Waals surface area contributed by atoms with Crippen LogP contribution in [0.15, 0.2) is 35.4 Å². The van der Waals surface area contributed by atoms with Crippen LogP contribution in [0.3, 0.4) is 0 Å². The molecular weight excluding hydrogens is 394 g/mol. The van der Waals surface area contributed by atoms with Crippen LogP contribution in [0.5, 0.6) is 5.75 Å². The zero-order valence-electron chi connectivity index (χ0n) is 14.1. The van der Waals surface area contributed by atoms with Crippen molar-refractivity contribution in [3.8, 4) is 5.75 Å². The molecule has 2 N–H and O–H groups in total. The molecule has 8 nitrogen and oxygen atoms in total. The molecule has 0 saturated carbocycles. The number of hydrogen-bond donors (Lipinski definition) is 2. The van der Waals surface area contributed by atoms with Crippen molar-refractivity contribution in [3.63, 3.8) is 0 Å². The van der Waals surface area contributed by atoms with E-state index in [-0.39, 0.29) is 30.9 Å². The summed E-state index contributed by atoms with van der Waals surface area (Å²) >= 11 is 3.17. The van der Waals surface area contributed by atoms with E-state index in [4.69, 9.17) is 9.47 Å². The average molecular weight is 416 g/mol. The predicted octanol–water partition coefficient (Wildman–Crippen LogP) is 1.29. The van der Waals surface area contributed by atoms with Gasteiger partial charge in [0.1, 0.15) is 23.6 Å². The molecule has 1 aromatic carbocycles. The van der Waals surface area contributed by atoms with Crippen molar-refractivity contribution in [2.45, 2.75) is 32.3 Å². The fourth-order valence-corrected chi connectivity index (χ4v) is 2.87. The van der Waals surface area contributed by atoms with Crippen LogP contribution < -0.4 is 4.74 Å². The molecule has 0 bridgehead atoms. The number of carbonyl (C=O) groups excluding carboxylic acids is 1. The van der Waals surface area contributed by atoms with E-state index in [1.54, 1.807) is 26.0 Å². The number of carbonyl (C=O) groups is 1. The number of hydrazone groups is 1. The first kappa shape index (κ1) is 19.6. The Hall–Kier alpha value is -1.68. The van der Waals surface area contributed by atoms with Gasteiger partial charge >= 0.3 is 5.97 Å². The maximum atomic E-state index is 11.8. The Morgan fingerprint density at radius 3 is 2.64 bits per heavy atom. The normalized spacial score (nSPS) is 24.0. The molecule has 0 fully saturated rings. The lowest BCUT2D eigenvalue weighted by atomic mass is 10.2. The summed E-state index contributed by atoms with van der Waals surface area (Å²) in [6.45, 7) is 3.27. The molecule has 25 heavy (non-hydrogen) atoms. The van der Waals surface area contributed by atoms with Crippen LogP contribution >= 0.6 is 15.9 Å². The maximum absolute atomic E-state index is 11.8. The second-order valence-corrected chi connectivity index (χ2v) is 6.16. The smallest absolute Gasteiger partial charge is 0.327 e. The van der Waals surface area contributed by atoms with Crippen molar-refractivity contribution in [2.24, 2.45) is 5.10 Å². The standard InChI is InChI=1S/C16H22BrN3O5/c1-3-16(23)19(11-25-12-8-6-5-7-9-12)15(22)14(17)18-20(16)10-13(21)24-4-2/h5-9,15,22-23H,3-4,10-11H2,1-2H3. The molecule has 2 rings (SSSR count). The summed E-state index contributed by atoms with van der Waals surface area (Å²) in [5.41, 5.74) is 0. The van der Waals surface area contributed by atoms with Gasteiger partial charge in [0.25, 0.3) is 0 Å². The fourth-order valence-electron chi connectivity index (χ4n) is 2.43. The minimum absolute atomic E-state index is 0.112. The third kappa shape index (κ3) is 4.49. The molecule has 138 valence electrons. The Bertz CT molecular complexity index is 615. The van der Waals surface area contributed by atoms with Gasteiger partial charge in [-0.25, -0.2) is 5.01 Å². The Balaban J connectivity index is 2.21. The zero-order valence-corrected chi connectivity index (χ0v) is 15.7. The van der Waals surface area contributed by atoms with E-state index in [2.05, 4.69) is 21.0 Å². The number of aliphatic hydroxyl groups is 2. The van der Waals surface area contributed by atoms with Crippen LogP contribution in [0.25, 0.3) is 0 Å². The summed E-state index contributed by atoms with van der Waals surface area (Å²) in [4.78, 5) is 13.1. The highest BCUT2D eigenvalue weighted by molar-refractivity contribution is 9.18. The second kappa shape index (κ2) is 8.61. The molecule has 9 heteroatoms. The number of hydrogen-bond acceptors (Lipinski definition) is 8. The van der Waals surface area contributed by atoms with Crippen LogP contribution in [0.4, 0.5) is 0 Å². The summed E-state index contributed by atoms with van der Waals surface area (Å²) in [6, 6.07) is 9.02. The van der Waals surface area contributed by atoms with Crippen LogP contribution in [0.2, 0.25) is 0 Å². The predicted molar refractivity (Wildman–Crippen MR) is 94.7 cm³/mol. The first-order chi connectivity index (χ1) is 11.9. The largest absolute Gasteiger partial charge is 0.478 e. The zero-order chi connectivity index (χ0) is 18.4. The van der Waals surface area contributed by atoms with Gasteiger partial charge in [-0.15, -0.1) is 0 Å². The van der Waals surface area contributed by atoms with Crippen molar-refractivity contribution >= 4 is 26.5 Å². The number of aliphatic hydroxyl groups excluding tert-OH is 1. The Kier molecular flexibility index (Phi) is 6.77. The number of benzene rings is 1. The second-order valence-electron chi connectivity index (χ2n) is 5.34. The molecule has 0 amide bonds. The highest BCUT2D eigenvalue weighted by Crippen LogP contribution is 2.30. The van der Waals surface area contributed by atoms with E-state index in [1.165, 1.54) is 9.91 Å². The molecule has 1 heterocycles. The van der Waals surface area contributed by atoms with Gasteiger partial charge in [-0.3, -0.25) is 4.79 Å². The van der Waals surface area contributed by atoms with Crippen molar-refractivity contribution < 1.29 is 24.5 Å². The van der Waals surface area contributed by atoms with E-state index in [0.29, 0.717) is 5.75 Å². The Morgan fingerprint density at radius 2 is 2.04 bits per heavy atom. The van der Waals surface area contributed by atoms with Crippen molar-refractivity contribution in [2.75, 3.05) is 19.9 Å². The highest BCUT2D eigenvalue weighted by atomic mass is 79.9. The highest BCUT2D eigenvalue weighted by Gasteiger charge is 2.48. The Morgan fingerprint density at radius 1 is 1.36 bits per heavy atom. The van der Waals surface area contributed by atoms with Gasteiger partial charge in [0.05, 0.1) is 6.61 Å². The fraction of sp³-hybridized carbons (Fsp3) is 0.500. The van der Waals surface area contributed by atoms with E-state index in [1.807, 2.05) is 18.2 Å². The third-order valence-corrected chi connectivity index (χ3v) is 4.34. The van der Waals surface area contributed by atoms with Crippen LogP contribution in [-0.4, -0.2) is 62.7 Å². The minimum atomic E-state index is -1.71. The van der Waals surface area contributed by atoms with Gasteiger partial charge in [0.2, 0.25) is 5.85 Å². The molecule has 0 aromatic heterocycles. The molecule has 0 spiro atoms. The molecule has 0 saturated heterocycles. The SMILES string of the molecule is CCOC(=O)CN1N=C(Br)C(O)N(COc2ccccc2)C1(O)CC. The molecule has 1 aliphatic rings. The molecule has 1 aliphatic heterocycles. The number of rotatable bonds is 7. The summed E-state index contributed by atoms with van der Waals surface area (Å²) < 4.78 is 10.7. The maximum Gasteiger partial charge on any atom is 0.327 e. The van der Waals surface area contributed by atoms with Gasteiger partial charge in [0, 0.05) is 6.42 Å². The number of ether oxygens (including phenoxy) is 2. The number of para-hydroxylation sites is 1. The Labute approximate surface area is 154 Å². The van der Waals surface area contributed by atoms with Gasteiger partial charge in [-0.05, 0) is 35.0 Å². The van der Waals surface area contributed by atoms with Gasteiger partial charge in [-0.2, -0.15) is 10.0 Å². The number of nitrogens with zero attached hydrogens (tertiary/aromatic N) is 3. The molecular formula is C16H22BrN3O5. The minimum Gasteiger partial charge on any atom is -0.478 e. The van der Waals surface area contributed by atoms with E-state index >= 15 is 0 Å². The topological polar surface area (TPSA) is 94.8 Å². The lowest BCUT2D eigenvalue weighted by molar-refractivity contribution is -0.270. The van der Waals surface area contributed by atoms with E-state index in [9.17, 15) is 15.0 Å². The molecule has 0 aliphatic carbocycles. The van der Waals surface area contributed by atoms with Crippen LogP contribution in [0, 0.1) is 0 Å². The first-order valence-corrected chi connectivity index (χ1v) is 8.74. The summed E-state index contributed by atoms with van der Waals surface area (Å²) in [5.74, 6) is -1.65. The van der Waals surface area contributed by atoms with Crippen molar-refractivity contribution in [3.05, 3.63) is 30.3 Å². The first-order valence-electron chi connectivity index (χ1n) is 7.94. The summed E-state index contributed by atoms with van der Waals surface area (Å²) in [5, 5.41) is 26.7. The van der Waals surface area contributed by atoms with Crippen molar-refractivity contribution in [1.82, 2.24) is 9.91 Å². The monoisotopic (exact) mass is 415 g/mol. The number of halogens is 1. The molecule has 2 unspecified atom stereocenters. The number of esters is 1. The van der Waals surface area contributed by atoms with Gasteiger partial charge < -0.3 is 19.7 Å². The quantitative estimate of drug-likeness (QED) is 0.647. The van der Waals surface area contributed by atoms with Gasteiger partial charge in [0.15, 0.2) is 6.23 Å². The van der Waals surface area contributed by atoms with E-state index < -0.39 is 18.0 Å². The van der Waals surface area contributed by atoms with Crippen LogP contribution in [0.1, 0.15) is 20.3 Å². The molecule has 1 aromatic rings. The lowest BCUT2D eigenvalue weighted by Gasteiger charge is -2.48. The van der Waals surface area contributed by atoms with Crippen LogP contribution in [-0.2, 0) is 9.53 Å². The lowest BCUT2D eigenvalue weighted by Crippen LogP contribution is -2.67. The summed E-state index contributed by atoms with van der Waals surface area (Å²) in [7, 11) is 0. The third-order valence-electron chi connectivity index (χ3n) is 3.77. The van der Waals surface area contributed by atoms with E-state index in [0.717, 1.165) is 0 Å². The average Bonchev–Trinajstić information content (AvgIpc) is 2.60. The van der Waals surface area contributed by atoms with Gasteiger partial charge in [-0.1, -0.05) is 25.1 Å². The summed E-state index contributed by atoms with van der Waals surface area (Å²) in [6.07, 6.45) is -1.04. The van der Waals surface area contributed by atoms with Crippen molar-refractivity contribution in [1.29, 1.82) is 0 Å². The molecule has 0 radical (unpaired) electrons.